The van der Waals surface area contributed by atoms with Crippen LogP contribution in [0.2, 0.25) is 0 Å². The summed E-state index contributed by atoms with van der Waals surface area (Å²) in [5.41, 5.74) is 4.76. The van der Waals surface area contributed by atoms with Crippen LogP contribution in [0.3, 0.4) is 0 Å². The number of pyridine rings is 1. The van der Waals surface area contributed by atoms with Gasteiger partial charge in [-0.15, -0.1) is 0 Å². The number of rotatable bonds is 3. The first-order valence-electron chi connectivity index (χ1n) is 5.84. The summed E-state index contributed by atoms with van der Waals surface area (Å²) in [4.78, 5) is 6.38. The second-order valence-corrected chi connectivity index (χ2v) is 4.27. The molecule has 90 valence electrons. The van der Waals surface area contributed by atoms with Gasteiger partial charge < -0.3 is 4.90 Å². The van der Waals surface area contributed by atoms with Gasteiger partial charge in [0.05, 0.1) is 11.4 Å². The fraction of sp³-hybridized carbons (Fsp3) is 0.417. The lowest BCUT2D eigenvalue weighted by Crippen LogP contribution is -2.46. The van der Waals surface area contributed by atoms with E-state index in [-0.39, 0.29) is 0 Å². The molecule has 5 heteroatoms. The van der Waals surface area contributed by atoms with Crippen molar-refractivity contribution < 1.29 is 0 Å². The van der Waals surface area contributed by atoms with Gasteiger partial charge in [0.1, 0.15) is 0 Å². The zero-order valence-corrected chi connectivity index (χ0v) is 10.7. The smallest absolute Gasteiger partial charge is 0.189 e. The lowest BCUT2D eigenvalue weighted by atomic mass is 10.2. The van der Waals surface area contributed by atoms with E-state index >= 15 is 0 Å². The normalized spacial score (nSPS) is 15.4. The minimum Gasteiger partial charge on any atom is -0.348 e. The van der Waals surface area contributed by atoms with Gasteiger partial charge in [-0.3, -0.25) is 10.4 Å². The second kappa shape index (κ2) is 5.72. The summed E-state index contributed by atoms with van der Waals surface area (Å²) < 4.78 is 0. The summed E-state index contributed by atoms with van der Waals surface area (Å²) in [6.07, 6.45) is 3.81. The number of nitrogens with one attached hydrogen (secondary N) is 1. The summed E-state index contributed by atoms with van der Waals surface area (Å²) in [5, 5.41) is 5.04. The largest absolute Gasteiger partial charge is 0.348 e. The number of hydrogen-bond acceptors (Lipinski definition) is 3. The van der Waals surface area contributed by atoms with E-state index < -0.39 is 0 Å². The maximum Gasteiger partial charge on any atom is 0.189 e. The molecule has 2 heterocycles. The molecule has 1 saturated heterocycles. The van der Waals surface area contributed by atoms with E-state index in [0.717, 1.165) is 30.9 Å². The van der Waals surface area contributed by atoms with Gasteiger partial charge in [0.2, 0.25) is 0 Å². The van der Waals surface area contributed by atoms with Crippen molar-refractivity contribution in [3.8, 4) is 0 Å². The Bertz CT molecular complexity index is 412. The van der Waals surface area contributed by atoms with Crippen molar-refractivity contribution in [3.05, 3.63) is 30.1 Å². The van der Waals surface area contributed by atoms with Gasteiger partial charge in [0, 0.05) is 19.3 Å². The number of aromatic nitrogens is 1. The van der Waals surface area contributed by atoms with E-state index in [1.807, 2.05) is 18.2 Å². The van der Waals surface area contributed by atoms with Crippen molar-refractivity contribution in [2.45, 2.75) is 19.8 Å². The number of nitrogens with zero attached hydrogens (tertiary/aromatic N) is 3. The Balaban J connectivity index is 2.00. The highest BCUT2D eigenvalue weighted by atomic mass is 32.1. The van der Waals surface area contributed by atoms with Crippen molar-refractivity contribution in [3.63, 3.8) is 0 Å². The highest BCUT2D eigenvalue weighted by molar-refractivity contribution is 7.80. The van der Waals surface area contributed by atoms with Crippen LogP contribution in [0, 0.1) is 0 Å². The third kappa shape index (κ3) is 3.00. The van der Waals surface area contributed by atoms with Crippen LogP contribution in [0.15, 0.2) is 29.5 Å². The zero-order chi connectivity index (χ0) is 12.1. The predicted octanol–water partition coefficient (Wildman–Crippen LogP) is 1.78. The van der Waals surface area contributed by atoms with Crippen LogP contribution in [0.5, 0.6) is 0 Å². The fourth-order valence-electron chi connectivity index (χ4n) is 1.56. The zero-order valence-electron chi connectivity index (χ0n) is 9.89. The summed E-state index contributed by atoms with van der Waals surface area (Å²) in [5.74, 6) is 0. The van der Waals surface area contributed by atoms with Gasteiger partial charge in [0.25, 0.3) is 0 Å². The van der Waals surface area contributed by atoms with E-state index in [4.69, 9.17) is 12.2 Å². The van der Waals surface area contributed by atoms with Crippen LogP contribution in [0.4, 0.5) is 0 Å². The third-order valence-electron chi connectivity index (χ3n) is 2.73. The molecular weight excluding hydrogens is 232 g/mol. The molecule has 1 aromatic heterocycles. The van der Waals surface area contributed by atoms with Gasteiger partial charge in [-0.2, -0.15) is 5.10 Å². The second-order valence-electron chi connectivity index (χ2n) is 3.88. The van der Waals surface area contributed by atoms with E-state index in [2.05, 4.69) is 27.3 Å². The van der Waals surface area contributed by atoms with Crippen molar-refractivity contribution >= 4 is 23.0 Å². The Kier molecular flexibility index (Phi) is 4.03. The topological polar surface area (TPSA) is 40.5 Å². The molecule has 0 spiro atoms. The first kappa shape index (κ1) is 12.0. The van der Waals surface area contributed by atoms with Crippen LogP contribution in [0.25, 0.3) is 0 Å². The van der Waals surface area contributed by atoms with Crippen molar-refractivity contribution in [1.82, 2.24) is 15.3 Å². The van der Waals surface area contributed by atoms with Gasteiger partial charge in [-0.25, -0.2) is 0 Å². The van der Waals surface area contributed by atoms with Gasteiger partial charge in [-0.05, 0) is 37.2 Å². The SMILES string of the molecule is CC/C(=N\NC(=S)N1CCC1)c1ccccn1. The average Bonchev–Trinajstić information content (AvgIpc) is 2.29. The first-order valence-corrected chi connectivity index (χ1v) is 6.25. The van der Waals surface area contributed by atoms with Crippen LogP contribution in [0.1, 0.15) is 25.5 Å². The Morgan fingerprint density at radius 3 is 2.88 bits per heavy atom. The molecule has 0 aromatic carbocycles. The van der Waals surface area contributed by atoms with Crippen LogP contribution < -0.4 is 5.43 Å². The molecule has 0 amide bonds. The van der Waals surface area contributed by atoms with Gasteiger partial charge >= 0.3 is 0 Å². The molecule has 1 fully saturated rings. The molecule has 17 heavy (non-hydrogen) atoms. The maximum atomic E-state index is 5.23. The fourth-order valence-corrected chi connectivity index (χ4v) is 1.78. The van der Waals surface area contributed by atoms with Crippen LogP contribution in [-0.4, -0.2) is 33.8 Å². The van der Waals surface area contributed by atoms with Crippen molar-refractivity contribution in [2.75, 3.05) is 13.1 Å². The molecule has 0 atom stereocenters. The Hall–Kier alpha value is -1.49. The van der Waals surface area contributed by atoms with E-state index in [1.54, 1.807) is 6.20 Å². The minimum atomic E-state index is 0.707. The summed E-state index contributed by atoms with van der Waals surface area (Å²) >= 11 is 5.23. The molecule has 2 rings (SSSR count). The quantitative estimate of drug-likeness (QED) is 0.503. The number of thiocarbonyl (C=S) groups is 1. The van der Waals surface area contributed by atoms with Crippen LogP contribution in [-0.2, 0) is 0 Å². The van der Waals surface area contributed by atoms with Crippen molar-refractivity contribution in [1.29, 1.82) is 0 Å². The Labute approximate surface area is 107 Å². The highest BCUT2D eigenvalue weighted by Gasteiger charge is 2.16. The van der Waals surface area contributed by atoms with E-state index in [1.165, 1.54) is 6.42 Å². The Morgan fingerprint density at radius 2 is 2.35 bits per heavy atom. The molecule has 0 bridgehead atoms. The van der Waals surface area contributed by atoms with Crippen molar-refractivity contribution in [2.24, 2.45) is 5.10 Å². The lowest BCUT2D eigenvalue weighted by Gasteiger charge is -2.32. The van der Waals surface area contributed by atoms with Gasteiger partial charge in [-0.1, -0.05) is 13.0 Å². The molecule has 1 N–H and O–H groups in total. The number of hydrogen-bond donors (Lipinski definition) is 1. The maximum absolute atomic E-state index is 5.23. The predicted molar refractivity (Wildman–Crippen MR) is 73.0 cm³/mol. The van der Waals surface area contributed by atoms with E-state index in [9.17, 15) is 0 Å². The highest BCUT2D eigenvalue weighted by Crippen LogP contribution is 2.06. The molecule has 1 aliphatic rings. The number of hydrazone groups is 1. The molecule has 0 saturated carbocycles. The van der Waals surface area contributed by atoms with Crippen LogP contribution >= 0.6 is 12.2 Å². The first-order chi connectivity index (χ1) is 8.31. The molecule has 1 aliphatic heterocycles. The molecule has 0 aliphatic carbocycles. The Morgan fingerprint density at radius 1 is 1.53 bits per heavy atom. The monoisotopic (exact) mass is 248 g/mol. The average molecular weight is 248 g/mol. The lowest BCUT2D eigenvalue weighted by molar-refractivity contribution is 0.296. The third-order valence-corrected chi connectivity index (χ3v) is 3.07. The molecule has 0 unspecified atom stereocenters. The molecule has 0 radical (unpaired) electrons. The molecular formula is C12H16N4S. The minimum absolute atomic E-state index is 0.707. The molecule has 1 aromatic rings. The number of likely N-dealkylation sites (tertiary alicyclic amines) is 1. The standard InChI is InChI=1S/C12H16N4S/c1-2-10(11-6-3-4-7-13-11)14-15-12(17)16-8-5-9-16/h3-4,6-7H,2,5,8-9H2,1H3,(H,15,17)/b14-10+. The summed E-state index contributed by atoms with van der Waals surface area (Å²) in [6, 6.07) is 5.81. The molecule has 4 nitrogen and oxygen atoms in total. The summed E-state index contributed by atoms with van der Waals surface area (Å²) in [7, 11) is 0. The summed E-state index contributed by atoms with van der Waals surface area (Å²) in [6.45, 7) is 4.13. The van der Waals surface area contributed by atoms with Gasteiger partial charge in [0.15, 0.2) is 5.11 Å². The van der Waals surface area contributed by atoms with E-state index in [0.29, 0.717) is 5.11 Å².